The maximum absolute atomic E-state index is 14.0. The summed E-state index contributed by atoms with van der Waals surface area (Å²) in [7, 11) is 3.78. The maximum Gasteiger partial charge on any atom is 0.324 e. The van der Waals surface area contributed by atoms with Gasteiger partial charge < -0.3 is 14.7 Å². The van der Waals surface area contributed by atoms with Crippen LogP contribution in [0.1, 0.15) is 48.5 Å². The number of rotatable bonds is 13. The minimum absolute atomic E-state index is 0.307. The largest absolute Gasteiger partial charge is 0.454 e. The number of aromatic nitrogens is 7. The van der Waals surface area contributed by atoms with Crippen molar-refractivity contribution in [2.75, 3.05) is 14.1 Å². The minimum atomic E-state index is -0.714. The number of hydrogen-bond acceptors (Lipinski definition) is 7. The number of likely N-dealkylation sites (N-methyl/N-ethyl adjacent to an activating group) is 1. The lowest BCUT2D eigenvalue weighted by Gasteiger charge is -2.26. The van der Waals surface area contributed by atoms with Gasteiger partial charge in [-0.05, 0) is 60.1 Å². The van der Waals surface area contributed by atoms with E-state index in [1.165, 1.54) is 0 Å². The zero-order chi connectivity index (χ0) is 32.0. The molecule has 6 aromatic rings. The fourth-order valence-corrected chi connectivity index (χ4v) is 6.03. The summed E-state index contributed by atoms with van der Waals surface area (Å²) in [6.45, 7) is 2.13. The van der Waals surface area contributed by atoms with E-state index in [4.69, 9.17) is 16.3 Å². The van der Waals surface area contributed by atoms with Gasteiger partial charge in [-0.1, -0.05) is 85.6 Å². The van der Waals surface area contributed by atoms with Gasteiger partial charge in [-0.25, -0.2) is 4.98 Å². The van der Waals surface area contributed by atoms with E-state index in [1.807, 2.05) is 91.9 Å². The highest BCUT2D eigenvalue weighted by Crippen LogP contribution is 2.34. The van der Waals surface area contributed by atoms with Crippen molar-refractivity contribution in [3.8, 4) is 22.5 Å². The average molecular weight is 637 g/mol. The number of aromatic amines is 3. The number of carbonyl (C=O) groups is 1. The second kappa shape index (κ2) is 14.1. The zero-order valence-electron chi connectivity index (χ0n) is 26.1. The number of halogens is 1. The van der Waals surface area contributed by atoms with Gasteiger partial charge in [0, 0.05) is 41.9 Å². The molecular formula is C35H37ClN8O2. The van der Waals surface area contributed by atoms with Gasteiger partial charge in [-0.15, -0.1) is 10.2 Å². The molecule has 0 spiro atoms. The molecule has 46 heavy (non-hydrogen) atoms. The molecule has 10 nitrogen and oxygen atoms in total. The van der Waals surface area contributed by atoms with Crippen molar-refractivity contribution >= 4 is 28.5 Å². The molecule has 11 heteroatoms. The molecule has 0 radical (unpaired) electrons. The molecule has 2 atom stereocenters. The Bertz CT molecular complexity index is 1900. The Balaban J connectivity index is 1.34. The number of unbranched alkanes of at least 4 members (excludes halogenated alkanes) is 1. The average Bonchev–Trinajstić information content (AvgIpc) is 3.83. The lowest BCUT2D eigenvalue weighted by atomic mass is 9.95. The molecule has 0 aliphatic carbocycles. The number of imidazole rings is 1. The fraction of sp³-hybridized carbons (Fsp3) is 0.286. The lowest BCUT2D eigenvalue weighted by Crippen LogP contribution is -2.39. The molecule has 0 fully saturated rings. The van der Waals surface area contributed by atoms with Crippen LogP contribution in [0.4, 0.5) is 0 Å². The van der Waals surface area contributed by atoms with Crippen molar-refractivity contribution in [2.24, 2.45) is 0 Å². The van der Waals surface area contributed by atoms with E-state index in [0.29, 0.717) is 29.5 Å². The van der Waals surface area contributed by atoms with Crippen LogP contribution in [-0.4, -0.2) is 66.6 Å². The van der Waals surface area contributed by atoms with Crippen LogP contribution in [0, 0.1) is 0 Å². The molecule has 0 aliphatic heterocycles. The number of tetrazole rings is 1. The fourth-order valence-electron chi connectivity index (χ4n) is 5.76. The summed E-state index contributed by atoms with van der Waals surface area (Å²) in [6, 6.07) is 23.7. The van der Waals surface area contributed by atoms with E-state index in [2.05, 4.69) is 48.6 Å². The molecule has 0 aliphatic rings. The molecule has 0 amide bonds. The van der Waals surface area contributed by atoms with Gasteiger partial charge in [-0.2, -0.15) is 5.21 Å². The highest BCUT2D eigenvalue weighted by atomic mass is 35.5. The summed E-state index contributed by atoms with van der Waals surface area (Å²) in [4.78, 5) is 27.2. The topological polar surface area (TPSA) is 128 Å². The van der Waals surface area contributed by atoms with Crippen molar-refractivity contribution in [1.29, 1.82) is 0 Å². The van der Waals surface area contributed by atoms with E-state index in [1.54, 1.807) is 0 Å². The summed E-state index contributed by atoms with van der Waals surface area (Å²) < 4.78 is 6.37. The highest BCUT2D eigenvalue weighted by molar-refractivity contribution is 6.30. The van der Waals surface area contributed by atoms with Crippen LogP contribution in [-0.2, 0) is 28.8 Å². The summed E-state index contributed by atoms with van der Waals surface area (Å²) in [5.74, 6) is 0.903. The number of para-hydroxylation sites is 1. The molecule has 0 bridgehead atoms. The van der Waals surface area contributed by atoms with E-state index in [9.17, 15) is 4.79 Å². The van der Waals surface area contributed by atoms with Crippen molar-refractivity contribution in [2.45, 2.75) is 51.2 Å². The van der Waals surface area contributed by atoms with Gasteiger partial charge in [0.1, 0.15) is 18.0 Å². The summed E-state index contributed by atoms with van der Waals surface area (Å²) in [5.41, 5.74) is 6.38. The van der Waals surface area contributed by atoms with Crippen LogP contribution in [0.15, 0.2) is 79.0 Å². The van der Waals surface area contributed by atoms with Crippen LogP contribution in [0.25, 0.3) is 33.4 Å². The maximum atomic E-state index is 14.0. The van der Waals surface area contributed by atoms with E-state index in [-0.39, 0.29) is 5.97 Å². The second-order valence-electron chi connectivity index (χ2n) is 11.6. The second-order valence-corrected chi connectivity index (χ2v) is 12.0. The zero-order valence-corrected chi connectivity index (χ0v) is 26.9. The molecule has 0 saturated heterocycles. The first-order valence-corrected chi connectivity index (χ1v) is 15.9. The number of nitrogens with one attached hydrogen (secondary N) is 3. The Hall–Kier alpha value is -4.80. The highest BCUT2D eigenvalue weighted by Gasteiger charge is 2.30. The van der Waals surface area contributed by atoms with Gasteiger partial charge in [-0.3, -0.25) is 9.69 Å². The summed E-state index contributed by atoms with van der Waals surface area (Å²) in [5, 5.41) is 16.3. The third-order valence-corrected chi connectivity index (χ3v) is 8.53. The molecule has 0 unspecified atom stereocenters. The van der Waals surface area contributed by atoms with Gasteiger partial charge in [0.25, 0.3) is 0 Å². The summed E-state index contributed by atoms with van der Waals surface area (Å²) >= 11 is 6.73. The van der Waals surface area contributed by atoms with E-state index in [0.717, 1.165) is 63.8 Å². The number of benzene rings is 3. The van der Waals surface area contributed by atoms with Crippen molar-refractivity contribution < 1.29 is 9.53 Å². The first kappa shape index (κ1) is 31.2. The van der Waals surface area contributed by atoms with Crippen LogP contribution in [0.5, 0.6) is 0 Å². The molecule has 6 rings (SSSR count). The van der Waals surface area contributed by atoms with Crippen LogP contribution in [0.3, 0.4) is 0 Å². The van der Waals surface area contributed by atoms with Crippen LogP contribution < -0.4 is 0 Å². The molecule has 3 aromatic heterocycles. The summed E-state index contributed by atoms with van der Waals surface area (Å²) in [6.07, 6.45) is 4.83. The van der Waals surface area contributed by atoms with Crippen molar-refractivity contribution in [3.05, 3.63) is 107 Å². The lowest BCUT2D eigenvalue weighted by molar-refractivity contribution is -0.155. The van der Waals surface area contributed by atoms with Crippen molar-refractivity contribution in [1.82, 2.24) is 40.5 Å². The third-order valence-electron chi connectivity index (χ3n) is 8.24. The smallest absolute Gasteiger partial charge is 0.324 e. The van der Waals surface area contributed by atoms with Gasteiger partial charge in [0.2, 0.25) is 5.82 Å². The monoisotopic (exact) mass is 636 g/mol. The Kier molecular flexibility index (Phi) is 9.56. The van der Waals surface area contributed by atoms with Crippen molar-refractivity contribution in [3.63, 3.8) is 0 Å². The number of nitrogens with zero attached hydrogens (tertiary/aromatic N) is 5. The minimum Gasteiger partial charge on any atom is -0.454 e. The third kappa shape index (κ3) is 6.88. The van der Waals surface area contributed by atoms with Gasteiger partial charge in [0.05, 0.1) is 5.69 Å². The van der Waals surface area contributed by atoms with Gasteiger partial charge in [0.15, 0.2) is 5.15 Å². The molecule has 3 N–H and O–H groups in total. The number of H-pyrrole nitrogens is 3. The Morgan fingerprint density at radius 3 is 2.57 bits per heavy atom. The van der Waals surface area contributed by atoms with E-state index >= 15 is 0 Å². The number of carbonyl (C=O) groups excluding carboxylic acids is 1. The Morgan fingerprint density at radius 2 is 1.80 bits per heavy atom. The predicted octanol–water partition coefficient (Wildman–Crippen LogP) is 6.73. The van der Waals surface area contributed by atoms with Crippen LogP contribution in [0.2, 0.25) is 5.15 Å². The number of ether oxygens (including phenoxy) is 1. The van der Waals surface area contributed by atoms with Gasteiger partial charge >= 0.3 is 5.97 Å². The Morgan fingerprint density at radius 1 is 1.00 bits per heavy atom. The standard InChI is InChI=1S/C35H37ClN8O2/c1-4-5-15-31-38-32(33(36)39-31)30(46-35(45)29(44(2)3)20-24-21-37-28-14-10-9-13-26(24)28)19-22-16-17-25(23-11-7-6-8-12-23)27(18-22)34-40-42-43-41-34/h6-14,16-18,21,29-30,37H,4-5,15,19-20H2,1-3H3,(H,38,39)(H,40,41,42,43)/t29-,30-/m0/s1. The van der Waals surface area contributed by atoms with Crippen LogP contribution >= 0.6 is 11.6 Å². The first-order valence-electron chi connectivity index (χ1n) is 15.5. The predicted molar refractivity (Wildman–Crippen MR) is 179 cm³/mol. The van der Waals surface area contributed by atoms with E-state index < -0.39 is 12.1 Å². The number of esters is 1. The molecule has 236 valence electrons. The SMILES string of the molecule is CCCCc1nc(Cl)c([C@H](Cc2ccc(-c3ccccc3)c(-c3nn[nH]n3)c2)OC(=O)[C@H](Cc2c[nH]c3ccccc23)N(C)C)[nH]1. The normalized spacial score (nSPS) is 12.9. The molecule has 0 saturated carbocycles. The first-order chi connectivity index (χ1) is 22.4. The molecule has 3 heterocycles. The molecule has 3 aromatic carbocycles. The number of aryl methyl sites for hydroxylation is 1. The number of hydrogen-bond donors (Lipinski definition) is 3. The molecular weight excluding hydrogens is 600 g/mol. The quantitative estimate of drug-likeness (QED) is 0.120. The Labute approximate surface area is 272 Å². The number of fused-ring (bicyclic) bond motifs is 1.